The quantitative estimate of drug-likeness (QED) is 0.729. The van der Waals surface area contributed by atoms with Crippen LogP contribution in [-0.4, -0.2) is 18.2 Å². The summed E-state index contributed by atoms with van der Waals surface area (Å²) < 4.78 is 0.950. The molecule has 88 valence electrons. The van der Waals surface area contributed by atoms with E-state index in [1.54, 1.807) is 0 Å². The van der Waals surface area contributed by atoms with Gasteiger partial charge < -0.3 is 16.2 Å². The Morgan fingerprint density at radius 2 is 2.06 bits per heavy atom. The van der Waals surface area contributed by atoms with Crippen LogP contribution in [-0.2, 0) is 0 Å². The monoisotopic (exact) mass is 284 g/mol. The third-order valence-corrected chi connectivity index (χ3v) is 3.69. The molecule has 0 radical (unpaired) electrons. The molecule has 4 heteroatoms. The van der Waals surface area contributed by atoms with E-state index in [2.05, 4.69) is 21.2 Å². The van der Waals surface area contributed by atoms with Crippen molar-refractivity contribution in [3.05, 3.63) is 28.2 Å². The lowest BCUT2D eigenvalue weighted by Crippen LogP contribution is -2.31. The van der Waals surface area contributed by atoms with Gasteiger partial charge in [0.25, 0.3) is 0 Å². The molecule has 1 aliphatic rings. The Morgan fingerprint density at radius 1 is 1.38 bits per heavy atom. The highest BCUT2D eigenvalue weighted by molar-refractivity contribution is 9.10. The van der Waals surface area contributed by atoms with Gasteiger partial charge in [-0.25, -0.2) is 0 Å². The van der Waals surface area contributed by atoms with Crippen LogP contribution in [0.5, 0.6) is 0 Å². The Morgan fingerprint density at radius 3 is 2.69 bits per heavy atom. The molecule has 1 atom stereocenters. The predicted octanol–water partition coefficient (Wildman–Crippen LogP) is 2.06. The Hall–Kier alpha value is -0.580. The minimum atomic E-state index is -0.435. The maximum atomic E-state index is 10.3. The molecule has 1 aliphatic heterocycles. The largest absolute Gasteiger partial charge is 0.398 e. The van der Waals surface area contributed by atoms with E-state index in [-0.39, 0.29) is 0 Å². The van der Waals surface area contributed by atoms with Gasteiger partial charge in [-0.15, -0.1) is 0 Å². The predicted molar refractivity (Wildman–Crippen MR) is 69.1 cm³/mol. The van der Waals surface area contributed by atoms with Crippen molar-refractivity contribution in [1.82, 2.24) is 5.32 Å². The highest BCUT2D eigenvalue weighted by atomic mass is 79.9. The van der Waals surface area contributed by atoms with Crippen LogP contribution in [0.2, 0.25) is 0 Å². The molecule has 0 aliphatic carbocycles. The minimum absolute atomic E-state index is 0.324. The molecule has 0 amide bonds. The number of halogens is 1. The van der Waals surface area contributed by atoms with Gasteiger partial charge in [-0.1, -0.05) is 22.0 Å². The van der Waals surface area contributed by atoms with Gasteiger partial charge in [-0.2, -0.15) is 0 Å². The SMILES string of the molecule is Nc1cc(Br)ccc1C(O)C1CCNCC1. The molecular weight excluding hydrogens is 268 g/mol. The standard InChI is InChI=1S/C12H17BrN2O/c13-9-1-2-10(11(14)7-9)12(16)8-3-5-15-6-4-8/h1-2,7-8,12,15-16H,3-6,14H2. The van der Waals surface area contributed by atoms with E-state index < -0.39 is 6.10 Å². The Kier molecular flexibility index (Phi) is 3.84. The van der Waals surface area contributed by atoms with Crippen LogP contribution in [0.3, 0.4) is 0 Å². The van der Waals surface area contributed by atoms with Gasteiger partial charge in [0, 0.05) is 15.7 Å². The fraction of sp³-hybridized carbons (Fsp3) is 0.500. The van der Waals surface area contributed by atoms with E-state index in [0.717, 1.165) is 36.0 Å². The van der Waals surface area contributed by atoms with Gasteiger partial charge in [0.2, 0.25) is 0 Å². The molecule has 3 nitrogen and oxygen atoms in total. The van der Waals surface area contributed by atoms with Crippen LogP contribution in [0.15, 0.2) is 22.7 Å². The van der Waals surface area contributed by atoms with Crippen LogP contribution >= 0.6 is 15.9 Å². The molecule has 2 rings (SSSR count). The van der Waals surface area contributed by atoms with Crippen LogP contribution in [0.4, 0.5) is 5.69 Å². The van der Waals surface area contributed by atoms with Gasteiger partial charge in [-0.05, 0) is 44.0 Å². The summed E-state index contributed by atoms with van der Waals surface area (Å²) in [6, 6.07) is 5.68. The molecule has 1 aromatic rings. The number of aliphatic hydroxyl groups is 1. The highest BCUT2D eigenvalue weighted by Gasteiger charge is 2.24. The number of rotatable bonds is 2. The van der Waals surface area contributed by atoms with Crippen LogP contribution in [0, 0.1) is 5.92 Å². The molecule has 1 unspecified atom stereocenters. The van der Waals surface area contributed by atoms with Crippen molar-refractivity contribution >= 4 is 21.6 Å². The van der Waals surface area contributed by atoms with E-state index in [9.17, 15) is 5.11 Å². The minimum Gasteiger partial charge on any atom is -0.398 e. The fourth-order valence-electron chi connectivity index (χ4n) is 2.23. The Labute approximate surface area is 104 Å². The maximum absolute atomic E-state index is 10.3. The third kappa shape index (κ3) is 2.56. The second-order valence-electron chi connectivity index (χ2n) is 4.31. The van der Waals surface area contributed by atoms with Gasteiger partial charge in [0.15, 0.2) is 0 Å². The molecule has 0 saturated carbocycles. The summed E-state index contributed by atoms with van der Waals surface area (Å²) in [6.07, 6.45) is 1.59. The lowest BCUT2D eigenvalue weighted by molar-refractivity contribution is 0.0895. The normalized spacial score (nSPS) is 19.6. The molecule has 4 N–H and O–H groups in total. The van der Waals surface area contributed by atoms with Gasteiger partial charge in [0.1, 0.15) is 0 Å². The molecule has 16 heavy (non-hydrogen) atoms. The number of nitrogens with two attached hydrogens (primary N) is 1. The average Bonchev–Trinajstić information content (AvgIpc) is 2.29. The number of piperidine rings is 1. The third-order valence-electron chi connectivity index (χ3n) is 3.20. The summed E-state index contributed by atoms with van der Waals surface area (Å²) in [5.41, 5.74) is 7.45. The summed E-state index contributed by atoms with van der Waals surface area (Å²) in [5, 5.41) is 13.6. The summed E-state index contributed by atoms with van der Waals surface area (Å²) in [4.78, 5) is 0. The summed E-state index contributed by atoms with van der Waals surface area (Å²) in [7, 11) is 0. The second kappa shape index (κ2) is 5.17. The van der Waals surface area contributed by atoms with Crippen molar-refractivity contribution < 1.29 is 5.11 Å². The number of hydrogen-bond donors (Lipinski definition) is 3. The molecule has 0 aromatic heterocycles. The van der Waals surface area contributed by atoms with E-state index in [1.807, 2.05) is 18.2 Å². The number of anilines is 1. The molecule has 1 heterocycles. The fourth-order valence-corrected chi connectivity index (χ4v) is 2.61. The molecular formula is C12H17BrN2O. The number of nitrogens with one attached hydrogen (secondary N) is 1. The van der Waals surface area contributed by atoms with Crippen molar-refractivity contribution in [2.24, 2.45) is 5.92 Å². The first-order valence-corrected chi connectivity index (χ1v) is 6.41. The first kappa shape index (κ1) is 11.9. The highest BCUT2D eigenvalue weighted by Crippen LogP contribution is 2.33. The lowest BCUT2D eigenvalue weighted by atomic mass is 9.87. The number of hydrogen-bond acceptors (Lipinski definition) is 3. The van der Waals surface area contributed by atoms with Crippen molar-refractivity contribution in [3.8, 4) is 0 Å². The molecule has 1 fully saturated rings. The second-order valence-corrected chi connectivity index (χ2v) is 5.22. The lowest BCUT2D eigenvalue weighted by Gasteiger charge is -2.28. The molecule has 0 spiro atoms. The Bertz CT molecular complexity index is 364. The molecule has 1 saturated heterocycles. The average molecular weight is 285 g/mol. The zero-order valence-corrected chi connectivity index (χ0v) is 10.7. The van der Waals surface area contributed by atoms with Crippen LogP contribution in [0.25, 0.3) is 0 Å². The topological polar surface area (TPSA) is 58.3 Å². The van der Waals surface area contributed by atoms with Crippen molar-refractivity contribution in [2.45, 2.75) is 18.9 Å². The number of benzene rings is 1. The zero-order chi connectivity index (χ0) is 11.5. The van der Waals surface area contributed by atoms with Crippen molar-refractivity contribution in [2.75, 3.05) is 18.8 Å². The summed E-state index contributed by atoms with van der Waals surface area (Å²) >= 11 is 3.37. The van der Waals surface area contributed by atoms with E-state index >= 15 is 0 Å². The van der Waals surface area contributed by atoms with Gasteiger partial charge >= 0.3 is 0 Å². The first-order chi connectivity index (χ1) is 7.68. The summed E-state index contributed by atoms with van der Waals surface area (Å²) in [6.45, 7) is 1.97. The summed E-state index contributed by atoms with van der Waals surface area (Å²) in [5.74, 6) is 0.324. The van der Waals surface area contributed by atoms with E-state index in [1.165, 1.54) is 0 Å². The smallest absolute Gasteiger partial charge is 0.0839 e. The maximum Gasteiger partial charge on any atom is 0.0839 e. The Balaban J connectivity index is 2.15. The van der Waals surface area contributed by atoms with E-state index in [0.29, 0.717) is 11.6 Å². The number of nitrogen functional groups attached to an aromatic ring is 1. The van der Waals surface area contributed by atoms with Crippen molar-refractivity contribution in [1.29, 1.82) is 0 Å². The van der Waals surface area contributed by atoms with E-state index in [4.69, 9.17) is 5.73 Å². The van der Waals surface area contributed by atoms with Crippen LogP contribution < -0.4 is 11.1 Å². The van der Waals surface area contributed by atoms with Gasteiger partial charge in [-0.3, -0.25) is 0 Å². The first-order valence-electron chi connectivity index (χ1n) is 5.62. The van der Waals surface area contributed by atoms with Crippen molar-refractivity contribution in [3.63, 3.8) is 0 Å². The zero-order valence-electron chi connectivity index (χ0n) is 9.12. The van der Waals surface area contributed by atoms with Gasteiger partial charge in [0.05, 0.1) is 6.10 Å². The van der Waals surface area contributed by atoms with Crippen LogP contribution in [0.1, 0.15) is 24.5 Å². The molecule has 1 aromatic carbocycles. The molecule has 0 bridgehead atoms. The number of aliphatic hydroxyl groups excluding tert-OH is 1.